The zero-order chi connectivity index (χ0) is 15.4. The molecule has 0 aliphatic rings. The van der Waals surface area contributed by atoms with Crippen LogP contribution in [0.15, 0.2) is 42.5 Å². The third-order valence-electron chi connectivity index (χ3n) is 3.39. The zero-order valence-corrected chi connectivity index (χ0v) is 12.5. The minimum absolute atomic E-state index is 0.132. The average molecular weight is 284 g/mol. The summed E-state index contributed by atoms with van der Waals surface area (Å²) in [5.74, 6) is 0.593. The maximum Gasteiger partial charge on any atom is 0.253 e. The topological polar surface area (TPSA) is 64.3 Å². The zero-order valence-electron chi connectivity index (χ0n) is 12.5. The molecule has 2 aromatic rings. The Bertz CT molecular complexity index is 653. The third kappa shape index (κ3) is 3.54. The molecule has 0 aliphatic heterocycles. The van der Waals surface area contributed by atoms with E-state index < -0.39 is 0 Å². The standard InChI is InChI=1S/C17H20N2O2/c1-11-7-8-16(18)15(9-11)17(20)19-12(2)13-5-4-6-14(10-13)21-3/h4-10,12H,18H2,1-3H3,(H,19,20)/t12-/m0/s1. The molecule has 0 bridgehead atoms. The monoisotopic (exact) mass is 284 g/mol. The molecule has 0 aliphatic carbocycles. The van der Waals surface area contributed by atoms with Crippen molar-refractivity contribution in [3.8, 4) is 5.75 Å². The van der Waals surface area contributed by atoms with Crippen LogP contribution in [0.2, 0.25) is 0 Å². The molecule has 21 heavy (non-hydrogen) atoms. The Morgan fingerprint density at radius 3 is 2.71 bits per heavy atom. The smallest absolute Gasteiger partial charge is 0.253 e. The number of amides is 1. The predicted octanol–water partition coefficient (Wildman–Crippen LogP) is 3.08. The van der Waals surface area contributed by atoms with Gasteiger partial charge in [0, 0.05) is 5.69 Å². The largest absolute Gasteiger partial charge is 0.497 e. The minimum atomic E-state index is -0.175. The van der Waals surface area contributed by atoms with Gasteiger partial charge in [-0.05, 0) is 43.7 Å². The van der Waals surface area contributed by atoms with E-state index in [1.165, 1.54) is 0 Å². The Hall–Kier alpha value is -2.49. The molecule has 1 atom stereocenters. The second-order valence-electron chi connectivity index (χ2n) is 5.06. The number of hydrogen-bond acceptors (Lipinski definition) is 3. The molecule has 0 radical (unpaired) electrons. The van der Waals surface area contributed by atoms with Crippen molar-refractivity contribution in [1.82, 2.24) is 5.32 Å². The van der Waals surface area contributed by atoms with Crippen LogP contribution in [0.1, 0.15) is 34.5 Å². The van der Waals surface area contributed by atoms with Crippen molar-refractivity contribution in [2.75, 3.05) is 12.8 Å². The molecule has 0 fully saturated rings. The summed E-state index contributed by atoms with van der Waals surface area (Å²) in [5.41, 5.74) is 8.84. The number of aryl methyl sites for hydroxylation is 1. The van der Waals surface area contributed by atoms with Crippen LogP contribution >= 0.6 is 0 Å². The maximum absolute atomic E-state index is 12.3. The van der Waals surface area contributed by atoms with Gasteiger partial charge in [-0.2, -0.15) is 0 Å². The average Bonchev–Trinajstić information content (AvgIpc) is 2.49. The van der Waals surface area contributed by atoms with E-state index in [0.717, 1.165) is 16.9 Å². The molecule has 4 nitrogen and oxygen atoms in total. The lowest BCUT2D eigenvalue weighted by Gasteiger charge is -2.16. The van der Waals surface area contributed by atoms with E-state index in [9.17, 15) is 4.79 Å². The number of hydrogen-bond donors (Lipinski definition) is 2. The van der Waals surface area contributed by atoms with Crippen LogP contribution in [0.3, 0.4) is 0 Å². The van der Waals surface area contributed by atoms with Gasteiger partial charge in [0.1, 0.15) is 5.75 Å². The molecule has 110 valence electrons. The van der Waals surface area contributed by atoms with Crippen molar-refractivity contribution in [3.05, 3.63) is 59.2 Å². The number of anilines is 1. The highest BCUT2D eigenvalue weighted by Crippen LogP contribution is 2.20. The Kier molecular flexibility index (Phi) is 4.48. The lowest BCUT2D eigenvalue weighted by molar-refractivity contribution is 0.0940. The third-order valence-corrected chi connectivity index (χ3v) is 3.39. The number of methoxy groups -OCH3 is 1. The fourth-order valence-corrected chi connectivity index (χ4v) is 2.14. The fourth-order valence-electron chi connectivity index (χ4n) is 2.14. The summed E-state index contributed by atoms with van der Waals surface area (Å²) in [7, 11) is 1.62. The second-order valence-corrected chi connectivity index (χ2v) is 5.06. The molecule has 0 heterocycles. The lowest BCUT2D eigenvalue weighted by Crippen LogP contribution is -2.27. The van der Waals surface area contributed by atoms with Crippen LogP contribution in [0.4, 0.5) is 5.69 Å². The van der Waals surface area contributed by atoms with Gasteiger partial charge >= 0.3 is 0 Å². The number of benzene rings is 2. The van der Waals surface area contributed by atoms with Crippen molar-refractivity contribution in [3.63, 3.8) is 0 Å². The Balaban J connectivity index is 2.16. The van der Waals surface area contributed by atoms with Crippen LogP contribution in [-0.4, -0.2) is 13.0 Å². The van der Waals surface area contributed by atoms with E-state index in [-0.39, 0.29) is 11.9 Å². The summed E-state index contributed by atoms with van der Waals surface area (Å²) in [6.07, 6.45) is 0. The van der Waals surface area contributed by atoms with Gasteiger partial charge in [-0.25, -0.2) is 0 Å². The molecule has 1 amide bonds. The fraction of sp³-hybridized carbons (Fsp3) is 0.235. The normalized spacial score (nSPS) is 11.8. The number of nitrogen functional groups attached to an aromatic ring is 1. The number of nitrogens with one attached hydrogen (secondary N) is 1. The molecule has 0 spiro atoms. The molecular formula is C17H20N2O2. The van der Waals surface area contributed by atoms with Crippen molar-refractivity contribution < 1.29 is 9.53 Å². The highest BCUT2D eigenvalue weighted by Gasteiger charge is 2.14. The van der Waals surface area contributed by atoms with Gasteiger partial charge in [0.25, 0.3) is 5.91 Å². The van der Waals surface area contributed by atoms with Crippen LogP contribution in [-0.2, 0) is 0 Å². The van der Waals surface area contributed by atoms with Gasteiger partial charge in [0.2, 0.25) is 0 Å². The van der Waals surface area contributed by atoms with E-state index in [2.05, 4.69) is 5.32 Å². The SMILES string of the molecule is COc1cccc([C@H](C)NC(=O)c2cc(C)ccc2N)c1. The summed E-state index contributed by atoms with van der Waals surface area (Å²) in [4.78, 5) is 12.3. The number of carbonyl (C=O) groups is 1. The van der Waals surface area contributed by atoms with Gasteiger partial charge in [-0.1, -0.05) is 23.8 Å². The maximum atomic E-state index is 12.3. The second kappa shape index (κ2) is 6.31. The van der Waals surface area contributed by atoms with Crippen LogP contribution in [0, 0.1) is 6.92 Å². The molecule has 2 aromatic carbocycles. The van der Waals surface area contributed by atoms with Crippen LogP contribution in [0.25, 0.3) is 0 Å². The summed E-state index contributed by atoms with van der Waals surface area (Å²) >= 11 is 0. The lowest BCUT2D eigenvalue weighted by atomic mass is 10.1. The molecule has 4 heteroatoms. The first-order chi connectivity index (χ1) is 10.0. The molecule has 0 unspecified atom stereocenters. The van der Waals surface area contributed by atoms with Crippen molar-refractivity contribution in [1.29, 1.82) is 0 Å². The summed E-state index contributed by atoms with van der Waals surface area (Å²) in [6, 6.07) is 12.9. The molecule has 0 saturated heterocycles. The highest BCUT2D eigenvalue weighted by atomic mass is 16.5. The van der Waals surface area contributed by atoms with E-state index in [1.807, 2.05) is 44.2 Å². The van der Waals surface area contributed by atoms with E-state index >= 15 is 0 Å². The van der Waals surface area contributed by atoms with Crippen molar-refractivity contribution >= 4 is 11.6 Å². The van der Waals surface area contributed by atoms with E-state index in [4.69, 9.17) is 10.5 Å². The highest BCUT2D eigenvalue weighted by molar-refractivity contribution is 5.99. The van der Waals surface area contributed by atoms with E-state index in [1.54, 1.807) is 19.2 Å². The van der Waals surface area contributed by atoms with Crippen LogP contribution < -0.4 is 15.8 Å². The first-order valence-corrected chi connectivity index (χ1v) is 6.82. The Morgan fingerprint density at radius 2 is 2.00 bits per heavy atom. The number of carbonyl (C=O) groups excluding carboxylic acids is 1. The van der Waals surface area contributed by atoms with Crippen molar-refractivity contribution in [2.24, 2.45) is 0 Å². The first kappa shape index (κ1) is 14.9. The summed E-state index contributed by atoms with van der Waals surface area (Å²) < 4.78 is 5.20. The van der Waals surface area contributed by atoms with Gasteiger partial charge in [0.05, 0.1) is 18.7 Å². The molecule has 2 rings (SSSR count). The Morgan fingerprint density at radius 1 is 1.24 bits per heavy atom. The first-order valence-electron chi connectivity index (χ1n) is 6.82. The summed E-state index contributed by atoms with van der Waals surface area (Å²) in [6.45, 7) is 3.86. The minimum Gasteiger partial charge on any atom is -0.497 e. The number of ether oxygens (including phenoxy) is 1. The summed E-state index contributed by atoms with van der Waals surface area (Å²) in [5, 5.41) is 2.96. The molecule has 3 N–H and O–H groups in total. The van der Waals surface area contributed by atoms with Gasteiger partial charge in [-0.15, -0.1) is 0 Å². The van der Waals surface area contributed by atoms with Crippen LogP contribution in [0.5, 0.6) is 5.75 Å². The molecule has 0 saturated carbocycles. The number of rotatable bonds is 4. The molecule has 0 aromatic heterocycles. The Labute approximate surface area is 124 Å². The quantitative estimate of drug-likeness (QED) is 0.848. The van der Waals surface area contributed by atoms with Gasteiger partial charge in [-0.3, -0.25) is 4.79 Å². The van der Waals surface area contributed by atoms with E-state index in [0.29, 0.717) is 11.3 Å². The van der Waals surface area contributed by atoms with Gasteiger partial charge < -0.3 is 15.8 Å². The molecular weight excluding hydrogens is 264 g/mol. The predicted molar refractivity (Wildman–Crippen MR) is 84.5 cm³/mol. The number of nitrogens with two attached hydrogens (primary N) is 1. The van der Waals surface area contributed by atoms with Crippen molar-refractivity contribution in [2.45, 2.75) is 19.9 Å². The van der Waals surface area contributed by atoms with Gasteiger partial charge in [0.15, 0.2) is 0 Å².